The van der Waals surface area contributed by atoms with Crippen LogP contribution in [-0.2, 0) is 4.74 Å². The van der Waals surface area contributed by atoms with Gasteiger partial charge in [0.25, 0.3) is 0 Å². The fourth-order valence-corrected chi connectivity index (χ4v) is 2.33. The molecule has 1 fully saturated rings. The highest BCUT2D eigenvalue weighted by Crippen LogP contribution is 2.28. The number of hydrogen-bond acceptors (Lipinski definition) is 2. The minimum absolute atomic E-state index is 0.297. The van der Waals surface area contributed by atoms with Crippen molar-refractivity contribution in [1.29, 1.82) is 0 Å². The molecule has 24 heavy (non-hydrogen) atoms. The lowest BCUT2D eigenvalue weighted by molar-refractivity contribution is 0.0515. The zero-order chi connectivity index (χ0) is 17.3. The van der Waals surface area contributed by atoms with Crippen LogP contribution in [0.2, 0.25) is 0 Å². The third-order valence-corrected chi connectivity index (χ3v) is 3.58. The Hall–Kier alpha value is -2.48. The zero-order valence-corrected chi connectivity index (χ0v) is 14.1. The maximum Gasteiger partial charge on any atom is 0.408 e. The number of nitrogens with one attached hydrogen (secondary N) is 2. The van der Waals surface area contributed by atoms with Gasteiger partial charge in [0.05, 0.1) is 5.69 Å². The van der Waals surface area contributed by atoms with Gasteiger partial charge in [-0.2, -0.15) is 0 Å². The molecular weight excluding hydrogens is 307 g/mol. The molecule has 1 heterocycles. The summed E-state index contributed by atoms with van der Waals surface area (Å²) in [4.78, 5) is 15.3. The van der Waals surface area contributed by atoms with Crippen molar-refractivity contribution in [2.45, 2.75) is 45.3 Å². The first-order valence-corrected chi connectivity index (χ1v) is 8.09. The molecule has 0 saturated heterocycles. The van der Waals surface area contributed by atoms with Crippen LogP contribution < -0.4 is 5.32 Å². The van der Waals surface area contributed by atoms with E-state index in [-0.39, 0.29) is 5.82 Å². The molecule has 3 rings (SSSR count). The molecule has 4 nitrogen and oxygen atoms in total. The second-order valence-corrected chi connectivity index (χ2v) is 7.10. The Morgan fingerprint density at radius 3 is 2.79 bits per heavy atom. The number of carbonyl (C=O) groups is 1. The lowest BCUT2D eigenvalue weighted by Crippen LogP contribution is -2.34. The van der Waals surface area contributed by atoms with Gasteiger partial charge in [-0.15, -0.1) is 0 Å². The minimum Gasteiger partial charge on any atom is -0.444 e. The standard InChI is InChI=1S/C19H21FN2O2/c1-19(2,3)24-18(23)22-16(8-6-12-4-5-12)17-11-13-10-14(20)7-9-15(13)21-17/h7,9-12,16,21H,4-5H2,1-3H3,(H,22,23)/t16-/m0/s1. The lowest BCUT2D eigenvalue weighted by Gasteiger charge is -2.21. The first kappa shape index (κ1) is 16.4. The fourth-order valence-electron chi connectivity index (χ4n) is 2.33. The number of amides is 1. The van der Waals surface area contributed by atoms with Crippen molar-refractivity contribution >= 4 is 17.0 Å². The van der Waals surface area contributed by atoms with E-state index in [0.717, 1.165) is 29.4 Å². The quantitative estimate of drug-likeness (QED) is 0.808. The molecule has 2 aromatic rings. The Labute approximate surface area is 140 Å². The van der Waals surface area contributed by atoms with Gasteiger partial charge in [-0.1, -0.05) is 11.8 Å². The highest BCUT2D eigenvalue weighted by atomic mass is 19.1. The molecule has 2 N–H and O–H groups in total. The van der Waals surface area contributed by atoms with E-state index in [1.807, 2.05) is 26.8 Å². The summed E-state index contributed by atoms with van der Waals surface area (Å²) in [6.45, 7) is 5.43. The lowest BCUT2D eigenvalue weighted by atomic mass is 10.2. The number of ether oxygens (including phenoxy) is 1. The van der Waals surface area contributed by atoms with Gasteiger partial charge in [0.15, 0.2) is 0 Å². The van der Waals surface area contributed by atoms with Gasteiger partial charge in [0.1, 0.15) is 17.5 Å². The van der Waals surface area contributed by atoms with Crippen molar-refractivity contribution in [3.05, 3.63) is 35.8 Å². The minimum atomic E-state index is -0.581. The molecular formula is C19H21FN2O2. The van der Waals surface area contributed by atoms with Crippen molar-refractivity contribution in [1.82, 2.24) is 10.3 Å². The molecule has 0 spiro atoms. The van der Waals surface area contributed by atoms with Crippen molar-refractivity contribution in [2.75, 3.05) is 0 Å². The summed E-state index contributed by atoms with van der Waals surface area (Å²) in [6.07, 6.45) is 1.68. The highest BCUT2D eigenvalue weighted by Gasteiger charge is 2.22. The van der Waals surface area contributed by atoms with Crippen LogP contribution in [0.25, 0.3) is 10.9 Å². The van der Waals surface area contributed by atoms with Gasteiger partial charge in [0.2, 0.25) is 0 Å². The van der Waals surface area contributed by atoms with E-state index in [2.05, 4.69) is 22.1 Å². The number of H-pyrrole nitrogens is 1. The maximum absolute atomic E-state index is 13.4. The number of benzene rings is 1. The van der Waals surface area contributed by atoms with Crippen LogP contribution in [0.5, 0.6) is 0 Å². The fraction of sp³-hybridized carbons (Fsp3) is 0.421. The molecule has 1 aliphatic rings. The van der Waals surface area contributed by atoms with Gasteiger partial charge in [-0.25, -0.2) is 9.18 Å². The molecule has 1 aromatic carbocycles. The third kappa shape index (κ3) is 4.29. The third-order valence-electron chi connectivity index (χ3n) is 3.58. The van der Waals surface area contributed by atoms with Crippen LogP contribution in [0, 0.1) is 23.6 Å². The number of aromatic nitrogens is 1. The highest BCUT2D eigenvalue weighted by molar-refractivity contribution is 5.81. The number of halogens is 1. The van der Waals surface area contributed by atoms with Crippen LogP contribution >= 0.6 is 0 Å². The number of alkyl carbamates (subject to hydrolysis) is 1. The molecule has 0 aliphatic heterocycles. The number of carbonyl (C=O) groups excluding carboxylic acids is 1. The smallest absolute Gasteiger partial charge is 0.408 e. The van der Waals surface area contributed by atoms with E-state index in [0.29, 0.717) is 5.92 Å². The molecule has 0 radical (unpaired) electrons. The van der Waals surface area contributed by atoms with Crippen molar-refractivity contribution in [2.24, 2.45) is 5.92 Å². The largest absolute Gasteiger partial charge is 0.444 e. The van der Waals surface area contributed by atoms with Crippen LogP contribution in [-0.4, -0.2) is 16.7 Å². The second-order valence-electron chi connectivity index (χ2n) is 7.10. The summed E-state index contributed by atoms with van der Waals surface area (Å²) in [7, 11) is 0. The van der Waals surface area contributed by atoms with E-state index in [9.17, 15) is 9.18 Å². The molecule has 0 unspecified atom stereocenters. The van der Waals surface area contributed by atoms with Gasteiger partial charge in [0, 0.05) is 16.8 Å². The average Bonchev–Trinajstić information content (AvgIpc) is 3.19. The monoisotopic (exact) mass is 328 g/mol. The predicted octanol–water partition coefficient (Wildman–Crippen LogP) is 4.29. The predicted molar refractivity (Wildman–Crippen MR) is 90.9 cm³/mol. The molecule has 1 aliphatic carbocycles. The normalized spacial score (nSPS) is 15.5. The van der Waals surface area contributed by atoms with Gasteiger partial charge in [-0.05, 0) is 57.9 Å². The summed E-state index contributed by atoms with van der Waals surface area (Å²) in [5.41, 5.74) is 0.938. The summed E-state index contributed by atoms with van der Waals surface area (Å²) in [5.74, 6) is 6.38. The summed E-state index contributed by atoms with van der Waals surface area (Å²) >= 11 is 0. The molecule has 5 heteroatoms. The zero-order valence-electron chi connectivity index (χ0n) is 14.1. The first-order chi connectivity index (χ1) is 11.3. The van der Waals surface area contributed by atoms with Gasteiger partial charge >= 0.3 is 6.09 Å². The van der Waals surface area contributed by atoms with E-state index in [1.165, 1.54) is 12.1 Å². The second kappa shape index (κ2) is 6.20. The molecule has 1 saturated carbocycles. The van der Waals surface area contributed by atoms with Crippen LogP contribution in [0.15, 0.2) is 24.3 Å². The van der Waals surface area contributed by atoms with Crippen LogP contribution in [0.3, 0.4) is 0 Å². The number of hydrogen-bond donors (Lipinski definition) is 2. The Kier molecular flexibility index (Phi) is 4.23. The molecule has 126 valence electrons. The summed E-state index contributed by atoms with van der Waals surface area (Å²) in [5, 5.41) is 3.53. The van der Waals surface area contributed by atoms with Crippen molar-refractivity contribution in [3.63, 3.8) is 0 Å². The van der Waals surface area contributed by atoms with E-state index in [1.54, 1.807) is 6.07 Å². The number of fused-ring (bicyclic) bond motifs is 1. The van der Waals surface area contributed by atoms with E-state index < -0.39 is 17.7 Å². The summed E-state index contributed by atoms with van der Waals surface area (Å²) in [6, 6.07) is 5.81. The molecule has 1 atom stereocenters. The molecule has 1 aromatic heterocycles. The Bertz CT molecular complexity index is 819. The Morgan fingerprint density at radius 1 is 1.38 bits per heavy atom. The number of aromatic amines is 1. The van der Waals surface area contributed by atoms with E-state index in [4.69, 9.17) is 4.74 Å². The van der Waals surface area contributed by atoms with Crippen molar-refractivity contribution in [3.8, 4) is 11.8 Å². The maximum atomic E-state index is 13.4. The number of rotatable bonds is 2. The Balaban J connectivity index is 1.85. The Morgan fingerprint density at radius 2 is 2.12 bits per heavy atom. The average molecular weight is 328 g/mol. The van der Waals surface area contributed by atoms with Gasteiger partial charge < -0.3 is 15.0 Å². The summed E-state index contributed by atoms with van der Waals surface area (Å²) < 4.78 is 18.7. The van der Waals surface area contributed by atoms with Gasteiger partial charge in [-0.3, -0.25) is 0 Å². The van der Waals surface area contributed by atoms with E-state index >= 15 is 0 Å². The van der Waals surface area contributed by atoms with Crippen LogP contribution in [0.4, 0.5) is 9.18 Å². The van der Waals surface area contributed by atoms with Crippen LogP contribution in [0.1, 0.15) is 45.3 Å². The van der Waals surface area contributed by atoms with Crippen molar-refractivity contribution < 1.29 is 13.9 Å². The topological polar surface area (TPSA) is 54.1 Å². The molecule has 0 bridgehead atoms. The SMILES string of the molecule is CC(C)(C)OC(=O)N[C@@H](C#CC1CC1)c1cc2cc(F)ccc2[nH]1. The molecule has 1 amide bonds. The first-order valence-electron chi connectivity index (χ1n) is 8.09.